The molecule has 0 nitrogen and oxygen atoms in total. The van der Waals surface area contributed by atoms with E-state index in [1.807, 2.05) is 0 Å². The van der Waals surface area contributed by atoms with Gasteiger partial charge >= 0.3 is 0 Å². The molecular weight excluding hydrogens is 216 g/mol. The molecule has 0 aromatic rings. The van der Waals surface area contributed by atoms with Crippen LogP contribution in [0.1, 0.15) is 86.0 Å². The second-order valence-electron chi connectivity index (χ2n) is 7.20. The van der Waals surface area contributed by atoms with E-state index in [2.05, 4.69) is 34.6 Å². The summed E-state index contributed by atoms with van der Waals surface area (Å²) in [6.45, 7) is 12.1. The Bertz CT molecular complexity index is 206. The number of hydrogen-bond acceptors (Lipinski definition) is 0. The third-order valence-electron chi connectivity index (χ3n) is 5.53. The van der Waals surface area contributed by atoms with Gasteiger partial charge in [-0.1, -0.05) is 73.1 Å². The van der Waals surface area contributed by atoms with Crippen LogP contribution in [0.2, 0.25) is 0 Å². The van der Waals surface area contributed by atoms with Gasteiger partial charge in [0.1, 0.15) is 0 Å². The normalized spacial score (nSPS) is 28.3. The van der Waals surface area contributed by atoms with Crippen molar-refractivity contribution in [3.05, 3.63) is 0 Å². The van der Waals surface area contributed by atoms with E-state index < -0.39 is 0 Å². The first kappa shape index (κ1) is 16.1. The van der Waals surface area contributed by atoms with Gasteiger partial charge in [-0.3, -0.25) is 0 Å². The van der Waals surface area contributed by atoms with Crippen molar-refractivity contribution in [1.29, 1.82) is 0 Å². The molecule has 0 saturated heterocycles. The molecule has 18 heavy (non-hydrogen) atoms. The quantitative estimate of drug-likeness (QED) is 0.498. The lowest BCUT2D eigenvalue weighted by atomic mass is 9.69. The van der Waals surface area contributed by atoms with Crippen molar-refractivity contribution < 1.29 is 0 Å². The minimum absolute atomic E-state index is 0.876. The smallest absolute Gasteiger partial charge is 0.0383 e. The first-order valence-electron chi connectivity index (χ1n) is 8.58. The molecular formula is C18H36. The van der Waals surface area contributed by atoms with Crippen molar-refractivity contribution in [2.45, 2.75) is 86.0 Å². The lowest BCUT2D eigenvalue weighted by molar-refractivity contribution is 0.143. The lowest BCUT2D eigenvalue weighted by Crippen LogP contribution is -2.26. The fraction of sp³-hybridized carbons (Fsp3) is 1.00. The highest BCUT2D eigenvalue weighted by Gasteiger charge is 2.29. The summed E-state index contributed by atoms with van der Waals surface area (Å²) in [5.74, 6) is 4.88. The van der Waals surface area contributed by atoms with E-state index in [4.69, 9.17) is 0 Å². The van der Waals surface area contributed by atoms with Crippen molar-refractivity contribution in [1.82, 2.24) is 0 Å². The van der Waals surface area contributed by atoms with Crippen LogP contribution in [0.25, 0.3) is 0 Å². The van der Waals surface area contributed by atoms with E-state index in [0.717, 1.165) is 29.6 Å². The van der Waals surface area contributed by atoms with Gasteiger partial charge in [-0.25, -0.2) is 0 Å². The molecule has 0 N–H and O–H groups in total. The second kappa shape index (κ2) is 8.23. The van der Waals surface area contributed by atoms with E-state index in [9.17, 15) is 0 Å². The molecule has 1 rings (SSSR count). The maximum absolute atomic E-state index is 2.55. The molecule has 0 heterocycles. The highest BCUT2D eigenvalue weighted by Crippen LogP contribution is 2.40. The predicted molar refractivity (Wildman–Crippen MR) is 82.8 cm³/mol. The molecule has 1 aliphatic carbocycles. The van der Waals surface area contributed by atoms with E-state index in [0.29, 0.717) is 0 Å². The Hall–Kier alpha value is 0. The summed E-state index contributed by atoms with van der Waals surface area (Å²) in [6.07, 6.45) is 11.7. The molecule has 108 valence electrons. The molecule has 4 atom stereocenters. The largest absolute Gasteiger partial charge is 0.0651 e. The minimum Gasteiger partial charge on any atom is -0.0651 e. The molecule has 0 heteroatoms. The zero-order chi connectivity index (χ0) is 13.5. The van der Waals surface area contributed by atoms with E-state index in [1.54, 1.807) is 0 Å². The van der Waals surface area contributed by atoms with Gasteiger partial charge in [0, 0.05) is 0 Å². The van der Waals surface area contributed by atoms with Gasteiger partial charge < -0.3 is 0 Å². The summed E-state index contributed by atoms with van der Waals surface area (Å²) in [5.41, 5.74) is 0. The van der Waals surface area contributed by atoms with E-state index in [-0.39, 0.29) is 0 Å². The van der Waals surface area contributed by atoms with Gasteiger partial charge in [0.15, 0.2) is 0 Å². The zero-order valence-corrected chi connectivity index (χ0v) is 13.5. The van der Waals surface area contributed by atoms with Gasteiger partial charge in [0.2, 0.25) is 0 Å². The SMILES string of the molecule is CCC1CCCC(C(C)C(CC)CCC(C)C)C1. The summed E-state index contributed by atoms with van der Waals surface area (Å²) < 4.78 is 0. The summed E-state index contributed by atoms with van der Waals surface area (Å²) in [7, 11) is 0. The predicted octanol–water partition coefficient (Wildman–Crippen LogP) is 6.30. The van der Waals surface area contributed by atoms with Crippen LogP contribution in [0.5, 0.6) is 0 Å². The third-order valence-corrected chi connectivity index (χ3v) is 5.53. The molecule has 0 amide bonds. The highest BCUT2D eigenvalue weighted by molar-refractivity contribution is 4.79. The van der Waals surface area contributed by atoms with Crippen LogP contribution in [0.4, 0.5) is 0 Å². The first-order chi connectivity index (χ1) is 8.58. The summed E-state index contributed by atoms with van der Waals surface area (Å²) in [4.78, 5) is 0. The summed E-state index contributed by atoms with van der Waals surface area (Å²) >= 11 is 0. The number of rotatable bonds is 7. The van der Waals surface area contributed by atoms with Crippen molar-refractivity contribution in [2.24, 2.45) is 29.6 Å². The first-order valence-corrected chi connectivity index (χ1v) is 8.58. The Balaban J connectivity index is 2.46. The van der Waals surface area contributed by atoms with Gasteiger partial charge in [0.25, 0.3) is 0 Å². The van der Waals surface area contributed by atoms with Crippen molar-refractivity contribution >= 4 is 0 Å². The Morgan fingerprint density at radius 1 is 1.00 bits per heavy atom. The average molecular weight is 252 g/mol. The second-order valence-corrected chi connectivity index (χ2v) is 7.20. The van der Waals surface area contributed by atoms with Crippen LogP contribution in [0, 0.1) is 29.6 Å². The highest BCUT2D eigenvalue weighted by atomic mass is 14.3. The van der Waals surface area contributed by atoms with Gasteiger partial charge in [-0.15, -0.1) is 0 Å². The van der Waals surface area contributed by atoms with E-state index in [1.165, 1.54) is 51.4 Å². The number of hydrogen-bond donors (Lipinski definition) is 0. The van der Waals surface area contributed by atoms with Crippen LogP contribution in [-0.2, 0) is 0 Å². The molecule has 0 aromatic carbocycles. The zero-order valence-electron chi connectivity index (χ0n) is 13.5. The Kier molecular flexibility index (Phi) is 7.34. The molecule has 1 aliphatic rings. The molecule has 0 bridgehead atoms. The van der Waals surface area contributed by atoms with Crippen LogP contribution in [0.15, 0.2) is 0 Å². The Morgan fingerprint density at radius 2 is 1.72 bits per heavy atom. The monoisotopic (exact) mass is 252 g/mol. The average Bonchev–Trinajstić information content (AvgIpc) is 2.39. The molecule has 0 aliphatic heterocycles. The van der Waals surface area contributed by atoms with Crippen LogP contribution in [0.3, 0.4) is 0 Å². The maximum Gasteiger partial charge on any atom is -0.0383 e. The third kappa shape index (κ3) is 4.94. The molecule has 1 fully saturated rings. The summed E-state index contributed by atoms with van der Waals surface area (Å²) in [5, 5.41) is 0. The maximum atomic E-state index is 2.55. The minimum atomic E-state index is 0.876. The van der Waals surface area contributed by atoms with Crippen LogP contribution in [-0.4, -0.2) is 0 Å². The topological polar surface area (TPSA) is 0 Å². The Labute approximate surface area is 116 Å². The van der Waals surface area contributed by atoms with Crippen molar-refractivity contribution in [3.63, 3.8) is 0 Å². The molecule has 4 unspecified atom stereocenters. The molecule has 0 radical (unpaired) electrons. The molecule has 0 spiro atoms. The fourth-order valence-electron chi connectivity index (χ4n) is 3.95. The van der Waals surface area contributed by atoms with Crippen molar-refractivity contribution in [2.75, 3.05) is 0 Å². The van der Waals surface area contributed by atoms with Gasteiger partial charge in [0.05, 0.1) is 0 Å². The Morgan fingerprint density at radius 3 is 2.28 bits per heavy atom. The lowest BCUT2D eigenvalue weighted by Gasteiger charge is -2.36. The standard InChI is InChI=1S/C18H36/c1-6-16-9-8-10-18(13-16)15(5)17(7-2)12-11-14(3)4/h14-18H,6-13H2,1-5H3. The molecule has 1 saturated carbocycles. The van der Waals surface area contributed by atoms with Gasteiger partial charge in [-0.05, 0) is 42.4 Å². The van der Waals surface area contributed by atoms with Crippen LogP contribution >= 0.6 is 0 Å². The molecule has 0 aromatic heterocycles. The van der Waals surface area contributed by atoms with Gasteiger partial charge in [-0.2, -0.15) is 0 Å². The van der Waals surface area contributed by atoms with Crippen molar-refractivity contribution in [3.8, 4) is 0 Å². The van der Waals surface area contributed by atoms with E-state index >= 15 is 0 Å². The summed E-state index contributed by atoms with van der Waals surface area (Å²) in [6, 6.07) is 0. The fourth-order valence-corrected chi connectivity index (χ4v) is 3.95. The van der Waals surface area contributed by atoms with Crippen LogP contribution < -0.4 is 0 Å².